The highest BCUT2D eigenvalue weighted by molar-refractivity contribution is 5.66. The first kappa shape index (κ1) is 15.7. The van der Waals surface area contributed by atoms with Crippen LogP contribution in [0.5, 0.6) is 0 Å². The minimum absolute atomic E-state index is 0.466. The van der Waals surface area contributed by atoms with Crippen molar-refractivity contribution >= 4 is 5.57 Å². The van der Waals surface area contributed by atoms with Crippen molar-refractivity contribution < 1.29 is 8.78 Å². The van der Waals surface area contributed by atoms with Gasteiger partial charge in [0, 0.05) is 5.56 Å². The van der Waals surface area contributed by atoms with Crippen LogP contribution in [0.1, 0.15) is 63.9 Å². The summed E-state index contributed by atoms with van der Waals surface area (Å²) >= 11 is 0. The van der Waals surface area contributed by atoms with Crippen molar-refractivity contribution in [1.29, 1.82) is 0 Å². The molecule has 0 spiro atoms. The molecule has 120 valence electrons. The number of rotatable bonds is 3. The van der Waals surface area contributed by atoms with Gasteiger partial charge in [-0.25, -0.2) is 8.78 Å². The van der Waals surface area contributed by atoms with E-state index in [9.17, 15) is 8.78 Å². The summed E-state index contributed by atoms with van der Waals surface area (Å²) in [5.74, 6) is 1.11. The van der Waals surface area contributed by atoms with E-state index in [4.69, 9.17) is 0 Å². The van der Waals surface area contributed by atoms with Gasteiger partial charge in [0.2, 0.25) is 0 Å². The normalized spacial score (nSPS) is 29.2. The summed E-state index contributed by atoms with van der Waals surface area (Å²) in [5.41, 5.74) is 1.46. The van der Waals surface area contributed by atoms with Crippen LogP contribution in [0, 0.1) is 29.4 Å². The molecule has 1 aromatic rings. The third-order valence-electron chi connectivity index (χ3n) is 5.88. The van der Waals surface area contributed by atoms with E-state index < -0.39 is 11.6 Å². The molecule has 1 aromatic carbocycles. The number of allylic oxidation sites excluding steroid dienone is 2. The second-order valence-electron chi connectivity index (χ2n) is 7.05. The third kappa shape index (κ3) is 3.26. The summed E-state index contributed by atoms with van der Waals surface area (Å²) in [4.78, 5) is 0. The van der Waals surface area contributed by atoms with Gasteiger partial charge in [0.05, 0.1) is 0 Å². The molecule has 0 N–H and O–H groups in total. The fourth-order valence-corrected chi connectivity index (χ4v) is 4.35. The summed E-state index contributed by atoms with van der Waals surface area (Å²) in [6.07, 6.45) is 12.0. The highest BCUT2D eigenvalue weighted by Gasteiger charge is 2.28. The van der Waals surface area contributed by atoms with Crippen LogP contribution in [0.15, 0.2) is 24.3 Å². The van der Waals surface area contributed by atoms with Crippen LogP contribution < -0.4 is 0 Å². The van der Waals surface area contributed by atoms with Gasteiger partial charge in [-0.2, -0.15) is 0 Å². The Morgan fingerprint density at radius 3 is 2.41 bits per heavy atom. The quantitative estimate of drug-likeness (QED) is 0.609. The molecule has 0 heterocycles. The molecule has 0 aliphatic heterocycles. The molecule has 0 amide bonds. The fraction of sp³-hybridized carbons (Fsp3) is 0.600. The summed E-state index contributed by atoms with van der Waals surface area (Å²) in [6.45, 7) is 2.30. The first-order valence-electron chi connectivity index (χ1n) is 8.82. The van der Waals surface area contributed by atoms with E-state index in [1.165, 1.54) is 38.2 Å². The Bertz CT molecular complexity index is 539. The molecule has 1 atom stereocenters. The van der Waals surface area contributed by atoms with E-state index in [1.54, 1.807) is 12.1 Å². The van der Waals surface area contributed by atoms with Crippen molar-refractivity contribution in [2.45, 2.75) is 58.3 Å². The van der Waals surface area contributed by atoms with Gasteiger partial charge < -0.3 is 0 Å². The molecular weight excluding hydrogens is 278 g/mol. The van der Waals surface area contributed by atoms with E-state index in [2.05, 4.69) is 13.0 Å². The van der Waals surface area contributed by atoms with Gasteiger partial charge in [-0.3, -0.25) is 0 Å². The zero-order valence-corrected chi connectivity index (χ0v) is 13.5. The van der Waals surface area contributed by atoms with Crippen molar-refractivity contribution in [2.24, 2.45) is 17.8 Å². The standard InChI is InChI=1S/C20H26F2/c1-2-14-6-8-15(9-7-14)16-10-12-17(13-11-16)18-4-3-5-19(21)20(18)22/h3-5,12,14-16H,2,6-11,13H2,1H3. The van der Waals surface area contributed by atoms with Gasteiger partial charge >= 0.3 is 0 Å². The van der Waals surface area contributed by atoms with Crippen molar-refractivity contribution in [3.63, 3.8) is 0 Å². The van der Waals surface area contributed by atoms with Gasteiger partial charge in [-0.05, 0) is 61.5 Å². The molecule has 1 unspecified atom stereocenters. The molecule has 0 nitrogen and oxygen atoms in total. The maximum absolute atomic E-state index is 13.9. The SMILES string of the molecule is CCC1CCC(C2CC=C(c3cccc(F)c3F)CC2)CC1. The van der Waals surface area contributed by atoms with Crippen LogP contribution in [-0.2, 0) is 0 Å². The molecule has 2 aliphatic rings. The van der Waals surface area contributed by atoms with Gasteiger partial charge in [0.25, 0.3) is 0 Å². The highest BCUT2D eigenvalue weighted by Crippen LogP contribution is 2.42. The number of hydrogen-bond donors (Lipinski definition) is 0. The average Bonchev–Trinajstić information content (AvgIpc) is 2.58. The molecule has 3 rings (SSSR count). The minimum Gasteiger partial charge on any atom is -0.204 e. The van der Waals surface area contributed by atoms with Gasteiger partial charge in [0.1, 0.15) is 0 Å². The lowest BCUT2D eigenvalue weighted by Crippen LogP contribution is -2.23. The lowest BCUT2D eigenvalue weighted by atomic mass is 9.70. The molecule has 2 heteroatoms. The Hall–Kier alpha value is -1.18. The smallest absolute Gasteiger partial charge is 0.166 e. The summed E-state index contributed by atoms with van der Waals surface area (Å²) < 4.78 is 27.3. The monoisotopic (exact) mass is 304 g/mol. The van der Waals surface area contributed by atoms with Crippen molar-refractivity contribution in [3.05, 3.63) is 41.5 Å². The van der Waals surface area contributed by atoms with E-state index in [0.717, 1.165) is 42.6 Å². The molecule has 0 saturated heterocycles. The van der Waals surface area contributed by atoms with Crippen LogP contribution in [0.2, 0.25) is 0 Å². The average molecular weight is 304 g/mol. The van der Waals surface area contributed by atoms with Crippen molar-refractivity contribution in [2.75, 3.05) is 0 Å². The zero-order chi connectivity index (χ0) is 15.5. The minimum atomic E-state index is -0.738. The molecule has 22 heavy (non-hydrogen) atoms. The van der Waals surface area contributed by atoms with E-state index >= 15 is 0 Å². The number of benzene rings is 1. The predicted octanol–water partition coefficient (Wildman–Crippen LogP) is 6.36. The van der Waals surface area contributed by atoms with Crippen LogP contribution in [0.3, 0.4) is 0 Å². The lowest BCUT2D eigenvalue weighted by Gasteiger charge is -2.35. The maximum atomic E-state index is 13.9. The first-order valence-corrected chi connectivity index (χ1v) is 8.82. The Morgan fingerprint density at radius 1 is 1.00 bits per heavy atom. The topological polar surface area (TPSA) is 0 Å². The second-order valence-corrected chi connectivity index (χ2v) is 7.05. The predicted molar refractivity (Wildman–Crippen MR) is 87.4 cm³/mol. The molecular formula is C20H26F2. The lowest BCUT2D eigenvalue weighted by molar-refractivity contribution is 0.192. The maximum Gasteiger partial charge on any atom is 0.166 e. The number of halogens is 2. The highest BCUT2D eigenvalue weighted by atomic mass is 19.2. The Morgan fingerprint density at radius 2 is 1.77 bits per heavy atom. The fourth-order valence-electron chi connectivity index (χ4n) is 4.35. The zero-order valence-electron chi connectivity index (χ0n) is 13.5. The van der Waals surface area contributed by atoms with Crippen LogP contribution in [-0.4, -0.2) is 0 Å². The molecule has 0 aromatic heterocycles. The Balaban J connectivity index is 1.64. The molecule has 0 bridgehead atoms. The molecule has 1 fully saturated rings. The Labute approximate surface area is 132 Å². The first-order chi connectivity index (χ1) is 10.7. The number of hydrogen-bond acceptors (Lipinski definition) is 0. The van der Waals surface area contributed by atoms with Crippen LogP contribution >= 0.6 is 0 Å². The van der Waals surface area contributed by atoms with Crippen molar-refractivity contribution in [1.82, 2.24) is 0 Å². The molecule has 2 aliphatic carbocycles. The third-order valence-corrected chi connectivity index (χ3v) is 5.88. The molecule has 1 saturated carbocycles. The van der Waals surface area contributed by atoms with Crippen LogP contribution in [0.25, 0.3) is 5.57 Å². The van der Waals surface area contributed by atoms with E-state index in [1.807, 2.05) is 0 Å². The van der Waals surface area contributed by atoms with E-state index in [0.29, 0.717) is 5.56 Å². The molecule has 0 radical (unpaired) electrons. The van der Waals surface area contributed by atoms with E-state index in [-0.39, 0.29) is 0 Å². The summed E-state index contributed by atoms with van der Waals surface area (Å²) in [5, 5.41) is 0. The second kappa shape index (κ2) is 6.93. The van der Waals surface area contributed by atoms with Gasteiger partial charge in [0.15, 0.2) is 11.6 Å². The van der Waals surface area contributed by atoms with Gasteiger partial charge in [-0.15, -0.1) is 0 Å². The van der Waals surface area contributed by atoms with Gasteiger partial charge in [-0.1, -0.05) is 44.4 Å². The summed E-state index contributed by atoms with van der Waals surface area (Å²) in [6, 6.07) is 4.50. The van der Waals surface area contributed by atoms with Crippen LogP contribution in [0.4, 0.5) is 8.78 Å². The summed E-state index contributed by atoms with van der Waals surface area (Å²) in [7, 11) is 0. The van der Waals surface area contributed by atoms with Crippen molar-refractivity contribution in [3.8, 4) is 0 Å². The Kier molecular flexibility index (Phi) is 4.95. The largest absolute Gasteiger partial charge is 0.204 e.